The summed E-state index contributed by atoms with van der Waals surface area (Å²) in [4.78, 5) is 22.0. The van der Waals surface area contributed by atoms with Gasteiger partial charge in [-0.3, -0.25) is 9.59 Å². The average Bonchev–Trinajstić information content (AvgIpc) is 2.60. The minimum absolute atomic E-state index is 0.0262. The molecule has 152 valence electrons. The first-order chi connectivity index (χ1) is 12.4. The molecule has 5 atom stereocenters. The number of rotatable bonds is 12. The highest BCUT2D eigenvalue weighted by atomic mass is 16.7. The maximum absolute atomic E-state index is 11.3. The van der Waals surface area contributed by atoms with E-state index >= 15 is 0 Å². The van der Waals surface area contributed by atoms with Crippen LogP contribution in [0.4, 0.5) is 0 Å². The van der Waals surface area contributed by atoms with Gasteiger partial charge in [-0.1, -0.05) is 0 Å². The van der Waals surface area contributed by atoms with Gasteiger partial charge in [0.05, 0.1) is 26.4 Å². The van der Waals surface area contributed by atoms with E-state index in [2.05, 4.69) is 5.32 Å². The van der Waals surface area contributed by atoms with Crippen molar-refractivity contribution in [3.05, 3.63) is 0 Å². The second-order valence-corrected chi connectivity index (χ2v) is 5.73. The summed E-state index contributed by atoms with van der Waals surface area (Å²) in [5.41, 5.74) is 0. The number of nitrogens with one attached hydrogen (secondary N) is 1. The van der Waals surface area contributed by atoms with Crippen molar-refractivity contribution in [2.45, 2.75) is 37.6 Å². The molecule has 5 N–H and O–H groups in total. The summed E-state index contributed by atoms with van der Waals surface area (Å²) in [7, 11) is 0. The molecule has 1 saturated heterocycles. The van der Waals surface area contributed by atoms with Crippen LogP contribution in [0, 0.1) is 0 Å². The number of hydrogen-bond donors (Lipinski definition) is 5. The Bertz CT molecular complexity index is 433. The Hall–Kier alpha value is -1.18. The average molecular weight is 381 g/mol. The van der Waals surface area contributed by atoms with E-state index in [1.54, 1.807) is 0 Å². The molecule has 0 spiro atoms. The monoisotopic (exact) mass is 381 g/mol. The van der Waals surface area contributed by atoms with Crippen LogP contribution < -0.4 is 5.32 Å². The molecule has 11 heteroatoms. The summed E-state index contributed by atoms with van der Waals surface area (Å²) in [6.07, 6.45) is -6.62. The van der Waals surface area contributed by atoms with Crippen molar-refractivity contribution in [3.8, 4) is 0 Å². The summed E-state index contributed by atoms with van der Waals surface area (Å²) in [6, 6.07) is 0. The zero-order valence-corrected chi connectivity index (χ0v) is 14.6. The third kappa shape index (κ3) is 8.01. The number of hydrogen-bond acceptors (Lipinski definition) is 10. The van der Waals surface area contributed by atoms with Crippen LogP contribution in [0.15, 0.2) is 0 Å². The predicted molar refractivity (Wildman–Crippen MR) is 85.0 cm³/mol. The van der Waals surface area contributed by atoms with Crippen molar-refractivity contribution in [3.63, 3.8) is 0 Å². The van der Waals surface area contributed by atoms with Gasteiger partial charge >= 0.3 is 0 Å². The second kappa shape index (κ2) is 12.3. The van der Waals surface area contributed by atoms with Gasteiger partial charge in [-0.15, -0.1) is 0 Å². The molecule has 26 heavy (non-hydrogen) atoms. The molecule has 1 heterocycles. The summed E-state index contributed by atoms with van der Waals surface area (Å²) in [6.45, 7) is 1.11. The quantitative estimate of drug-likeness (QED) is 0.215. The van der Waals surface area contributed by atoms with Crippen molar-refractivity contribution in [1.29, 1.82) is 0 Å². The van der Waals surface area contributed by atoms with Gasteiger partial charge in [0.1, 0.15) is 37.6 Å². The Morgan fingerprint density at radius 3 is 2.38 bits per heavy atom. The van der Waals surface area contributed by atoms with Gasteiger partial charge in [-0.25, -0.2) is 0 Å². The van der Waals surface area contributed by atoms with Gasteiger partial charge in [0.25, 0.3) is 0 Å². The largest absolute Gasteiger partial charge is 0.394 e. The van der Waals surface area contributed by atoms with Crippen molar-refractivity contribution >= 4 is 11.7 Å². The molecule has 11 nitrogen and oxygen atoms in total. The lowest BCUT2D eigenvalue weighted by Crippen LogP contribution is -2.59. The highest BCUT2D eigenvalue weighted by Crippen LogP contribution is 2.21. The molecule has 1 rings (SSSR count). The molecule has 2 unspecified atom stereocenters. The van der Waals surface area contributed by atoms with E-state index in [1.807, 2.05) is 0 Å². The van der Waals surface area contributed by atoms with Gasteiger partial charge in [0, 0.05) is 6.54 Å². The van der Waals surface area contributed by atoms with Gasteiger partial charge in [0.2, 0.25) is 5.91 Å². The van der Waals surface area contributed by atoms with E-state index in [0.717, 1.165) is 0 Å². The molecule has 1 amide bonds. The fraction of sp³-hybridized carbons (Fsp3) is 0.867. The number of amides is 1. The Kier molecular flexibility index (Phi) is 10.8. The maximum atomic E-state index is 11.3. The lowest BCUT2D eigenvalue weighted by molar-refractivity contribution is -0.302. The van der Waals surface area contributed by atoms with Crippen LogP contribution in [-0.4, -0.2) is 109 Å². The van der Waals surface area contributed by atoms with Crippen LogP contribution in [0.5, 0.6) is 0 Å². The first-order valence-electron chi connectivity index (χ1n) is 8.20. The predicted octanol–water partition coefficient (Wildman–Crippen LogP) is -3.46. The lowest BCUT2D eigenvalue weighted by Gasteiger charge is -2.39. The molecule has 0 aromatic rings. The van der Waals surface area contributed by atoms with Gasteiger partial charge in [0.15, 0.2) is 12.1 Å². The number of carbonyl (C=O) groups is 2. The highest BCUT2D eigenvalue weighted by molar-refractivity contribution is 5.79. The van der Waals surface area contributed by atoms with E-state index in [4.69, 9.17) is 24.1 Å². The molecule has 0 aliphatic carbocycles. The van der Waals surface area contributed by atoms with Crippen LogP contribution in [0.1, 0.15) is 6.92 Å². The van der Waals surface area contributed by atoms with Crippen LogP contribution in [0.3, 0.4) is 0 Å². The molecule has 1 aliphatic heterocycles. The van der Waals surface area contributed by atoms with E-state index in [-0.39, 0.29) is 51.3 Å². The Balaban J connectivity index is 2.08. The normalized spacial score (nSPS) is 28.7. The first-order valence-corrected chi connectivity index (χ1v) is 8.20. The Labute approximate surface area is 150 Å². The molecule has 0 aromatic heterocycles. The number of carbonyl (C=O) groups excluding carboxylic acids is 2. The molecule has 0 bridgehead atoms. The number of aliphatic hydroxyl groups is 4. The summed E-state index contributed by atoms with van der Waals surface area (Å²) >= 11 is 0. The van der Waals surface area contributed by atoms with Gasteiger partial charge in [-0.05, 0) is 6.92 Å². The van der Waals surface area contributed by atoms with E-state index < -0.39 is 37.3 Å². The van der Waals surface area contributed by atoms with E-state index in [1.165, 1.54) is 6.92 Å². The van der Waals surface area contributed by atoms with Crippen molar-refractivity contribution in [2.24, 2.45) is 0 Å². The molecular formula is C15H27NO10. The van der Waals surface area contributed by atoms with Crippen molar-refractivity contribution < 1.29 is 49.0 Å². The zero-order valence-electron chi connectivity index (χ0n) is 14.6. The maximum Gasteiger partial charge on any atom is 0.246 e. The molecular weight excluding hydrogens is 354 g/mol. The Morgan fingerprint density at radius 1 is 1.00 bits per heavy atom. The van der Waals surface area contributed by atoms with Crippen LogP contribution in [-0.2, 0) is 28.5 Å². The van der Waals surface area contributed by atoms with E-state index in [9.17, 15) is 24.9 Å². The topological polar surface area (TPSA) is 164 Å². The fourth-order valence-electron chi connectivity index (χ4n) is 2.13. The van der Waals surface area contributed by atoms with Gasteiger partial charge < -0.3 is 44.7 Å². The highest BCUT2D eigenvalue weighted by Gasteiger charge is 2.43. The molecule has 0 saturated carbocycles. The smallest absolute Gasteiger partial charge is 0.246 e. The second-order valence-electron chi connectivity index (χ2n) is 5.73. The van der Waals surface area contributed by atoms with E-state index in [0.29, 0.717) is 0 Å². The molecule has 1 aliphatic rings. The van der Waals surface area contributed by atoms with Crippen molar-refractivity contribution in [2.75, 3.05) is 46.2 Å². The third-order valence-corrected chi connectivity index (χ3v) is 3.47. The lowest BCUT2D eigenvalue weighted by atomic mass is 9.99. The van der Waals surface area contributed by atoms with Gasteiger partial charge in [-0.2, -0.15) is 0 Å². The minimum Gasteiger partial charge on any atom is -0.394 e. The number of aliphatic hydroxyl groups excluding tert-OH is 4. The summed E-state index contributed by atoms with van der Waals surface area (Å²) in [5, 5.41) is 40.6. The number of ether oxygens (including phenoxy) is 4. The summed E-state index contributed by atoms with van der Waals surface area (Å²) in [5.74, 6) is -0.534. The summed E-state index contributed by atoms with van der Waals surface area (Å²) < 4.78 is 20.5. The van der Waals surface area contributed by atoms with Crippen molar-refractivity contribution in [1.82, 2.24) is 5.32 Å². The van der Waals surface area contributed by atoms with Crippen LogP contribution >= 0.6 is 0 Å². The number of ketones is 1. The SMILES string of the molecule is CC(=O)COCC(=O)NCCOCCO[C@@H]1O[C@H](CO)[C@@H](O)C(O)C1O. The third-order valence-electron chi connectivity index (χ3n) is 3.47. The van der Waals surface area contributed by atoms with Crippen LogP contribution in [0.2, 0.25) is 0 Å². The Morgan fingerprint density at radius 2 is 1.73 bits per heavy atom. The zero-order chi connectivity index (χ0) is 19.5. The molecule has 1 fully saturated rings. The minimum atomic E-state index is -1.49. The fourth-order valence-corrected chi connectivity index (χ4v) is 2.13. The number of Topliss-reactive ketones (excluding diaryl/α,β-unsaturated/α-hetero) is 1. The first kappa shape index (κ1) is 22.9. The van der Waals surface area contributed by atoms with Crippen LogP contribution in [0.25, 0.3) is 0 Å². The standard InChI is InChI=1S/C15H27NO10/c1-9(18)7-24-8-11(19)16-2-3-23-4-5-25-15-14(22)13(21)12(20)10(6-17)26-15/h10,12-15,17,20-22H,2-8H2,1H3,(H,16,19)/t10-,12-,13?,14?,15-/m1/s1. The molecule has 0 radical (unpaired) electrons. The molecule has 0 aromatic carbocycles.